The van der Waals surface area contributed by atoms with Crippen LogP contribution in [-0.4, -0.2) is 23.3 Å². The fourth-order valence-electron chi connectivity index (χ4n) is 5.32. The van der Waals surface area contributed by atoms with Gasteiger partial charge in [-0.15, -0.1) is 0 Å². The Balaban J connectivity index is 1.57. The van der Waals surface area contributed by atoms with E-state index < -0.39 is 15.9 Å². The van der Waals surface area contributed by atoms with Gasteiger partial charge in [-0.3, -0.25) is 9.20 Å². The van der Waals surface area contributed by atoms with E-state index in [1.165, 1.54) is 24.3 Å². The summed E-state index contributed by atoms with van der Waals surface area (Å²) in [6.07, 6.45) is 4.48. The number of rotatable bonds is 5. The molecule has 38 heavy (non-hydrogen) atoms. The average Bonchev–Trinajstić information content (AvgIpc) is 3.32. The average molecular weight is 528 g/mol. The number of hydrogen-bond acceptors (Lipinski definition) is 3. The zero-order valence-corrected chi connectivity index (χ0v) is 21.6. The molecule has 1 aliphatic rings. The van der Waals surface area contributed by atoms with Gasteiger partial charge in [-0.25, -0.2) is 17.5 Å². The summed E-state index contributed by atoms with van der Waals surface area (Å²) >= 11 is 0. The van der Waals surface area contributed by atoms with E-state index in [1.807, 2.05) is 47.9 Å². The van der Waals surface area contributed by atoms with Crippen LogP contribution in [0.1, 0.15) is 34.5 Å². The molecule has 1 N–H and O–H groups in total. The van der Waals surface area contributed by atoms with E-state index in [4.69, 9.17) is 0 Å². The molecule has 1 aliphatic heterocycles. The summed E-state index contributed by atoms with van der Waals surface area (Å²) in [7, 11) is -4.10. The molecule has 8 heteroatoms. The first-order valence-corrected chi connectivity index (χ1v) is 14.0. The summed E-state index contributed by atoms with van der Waals surface area (Å²) < 4.78 is 46.4. The van der Waals surface area contributed by atoms with Gasteiger partial charge in [0.1, 0.15) is 17.2 Å². The molecule has 0 aliphatic carbocycles. The van der Waals surface area contributed by atoms with E-state index in [1.54, 1.807) is 24.3 Å². The van der Waals surface area contributed by atoms with E-state index in [-0.39, 0.29) is 16.4 Å². The van der Waals surface area contributed by atoms with Crippen molar-refractivity contribution in [1.29, 1.82) is 0 Å². The molecule has 2 aromatic heterocycles. The topological polar surface area (TPSA) is 72.6 Å². The molecule has 0 radical (unpaired) electrons. The molecule has 1 amide bonds. The number of aryl methyl sites for hydroxylation is 3. The van der Waals surface area contributed by atoms with Crippen molar-refractivity contribution in [2.24, 2.45) is 0 Å². The third kappa shape index (κ3) is 4.11. The Labute approximate surface area is 220 Å². The van der Waals surface area contributed by atoms with Crippen LogP contribution in [0.25, 0.3) is 28.0 Å². The monoisotopic (exact) mass is 527 g/mol. The number of nitrogens with one attached hydrogen (secondary N) is 1. The highest BCUT2D eigenvalue weighted by Crippen LogP contribution is 2.39. The summed E-state index contributed by atoms with van der Waals surface area (Å²) in [6, 6.07) is 22.2. The van der Waals surface area contributed by atoms with Crippen LogP contribution in [-0.2, 0) is 23.0 Å². The maximum Gasteiger partial charge on any atom is 0.282 e. The fraction of sp³-hybridized carbons (Fsp3) is 0.167. The molecule has 0 saturated heterocycles. The van der Waals surface area contributed by atoms with Crippen molar-refractivity contribution in [3.8, 4) is 22.4 Å². The quantitative estimate of drug-likeness (QED) is 0.306. The van der Waals surface area contributed by atoms with Crippen LogP contribution in [0.3, 0.4) is 0 Å². The van der Waals surface area contributed by atoms with Gasteiger partial charge in [-0.1, -0.05) is 48.0 Å². The number of imidazole rings is 1. The molecule has 0 atom stereocenters. The zero-order valence-electron chi connectivity index (χ0n) is 20.8. The first-order chi connectivity index (χ1) is 18.3. The molecule has 0 unspecified atom stereocenters. The van der Waals surface area contributed by atoms with E-state index in [0.29, 0.717) is 0 Å². The van der Waals surface area contributed by atoms with Gasteiger partial charge >= 0.3 is 0 Å². The third-order valence-electron chi connectivity index (χ3n) is 7.11. The van der Waals surface area contributed by atoms with Gasteiger partial charge in [0.15, 0.2) is 0 Å². The minimum atomic E-state index is -4.10. The molecule has 3 heterocycles. The Morgan fingerprint density at radius 1 is 0.895 bits per heavy atom. The Morgan fingerprint density at radius 2 is 1.61 bits per heavy atom. The van der Waals surface area contributed by atoms with Crippen LogP contribution >= 0.6 is 0 Å². The standard InChI is InChI=1S/C30H26FN3O3S/c1-20-10-16-24(17-11-20)38(36,37)32-29(35)28-27(22-7-3-2-4-8-22)25-9-5-6-18-33-26(19-34(28)30(25)33)21-12-14-23(31)15-13-21/h2-4,7-8,10-17,19H,5-6,9,18H2,1H3,(H,32,35). The van der Waals surface area contributed by atoms with E-state index >= 15 is 0 Å². The summed E-state index contributed by atoms with van der Waals surface area (Å²) in [5.74, 6) is -1.02. The second-order valence-corrected chi connectivity index (χ2v) is 11.3. The molecule has 0 saturated carbocycles. The van der Waals surface area contributed by atoms with E-state index in [0.717, 1.165) is 65.0 Å². The molecular formula is C30H26FN3O3S. The van der Waals surface area contributed by atoms with Crippen molar-refractivity contribution in [2.75, 3.05) is 0 Å². The molecule has 192 valence electrons. The molecule has 6 nitrogen and oxygen atoms in total. The molecule has 5 aromatic rings. The second kappa shape index (κ2) is 9.29. The molecule has 0 fully saturated rings. The van der Waals surface area contributed by atoms with Gasteiger partial charge in [0.2, 0.25) is 0 Å². The van der Waals surface area contributed by atoms with Crippen molar-refractivity contribution in [2.45, 2.75) is 37.6 Å². The predicted molar refractivity (Wildman–Crippen MR) is 145 cm³/mol. The highest BCUT2D eigenvalue weighted by atomic mass is 32.2. The summed E-state index contributed by atoms with van der Waals surface area (Å²) in [5, 5.41) is 0. The Bertz CT molecular complexity index is 1770. The molecular weight excluding hydrogens is 501 g/mol. The number of carbonyl (C=O) groups is 1. The maximum atomic E-state index is 13.9. The smallest absolute Gasteiger partial charge is 0.282 e. The van der Waals surface area contributed by atoms with Gasteiger partial charge in [0, 0.05) is 23.9 Å². The van der Waals surface area contributed by atoms with Crippen LogP contribution in [0.2, 0.25) is 0 Å². The van der Waals surface area contributed by atoms with Gasteiger partial charge in [-0.2, -0.15) is 0 Å². The highest BCUT2D eigenvalue weighted by Gasteiger charge is 2.31. The minimum Gasteiger partial charge on any atom is -0.325 e. The van der Waals surface area contributed by atoms with Gasteiger partial charge in [-0.05, 0) is 73.7 Å². The van der Waals surface area contributed by atoms with Crippen LogP contribution in [0.4, 0.5) is 4.39 Å². The van der Waals surface area contributed by atoms with Crippen molar-refractivity contribution in [1.82, 2.24) is 13.7 Å². The lowest BCUT2D eigenvalue weighted by atomic mass is 9.98. The fourth-order valence-corrected chi connectivity index (χ4v) is 6.28. The highest BCUT2D eigenvalue weighted by molar-refractivity contribution is 7.90. The van der Waals surface area contributed by atoms with Crippen molar-refractivity contribution in [3.05, 3.63) is 108 Å². The lowest BCUT2D eigenvalue weighted by Gasteiger charge is -2.11. The number of sulfonamides is 1. The Kier molecular flexibility index (Phi) is 5.91. The van der Waals surface area contributed by atoms with Crippen LogP contribution in [0.15, 0.2) is 90.0 Å². The Hall–Kier alpha value is -4.17. The molecule has 3 aromatic carbocycles. The number of nitrogens with zero attached hydrogens (tertiary/aromatic N) is 2. The third-order valence-corrected chi connectivity index (χ3v) is 8.46. The second-order valence-electron chi connectivity index (χ2n) is 9.64. The van der Waals surface area contributed by atoms with Gasteiger partial charge in [0.25, 0.3) is 15.9 Å². The SMILES string of the molecule is Cc1ccc(S(=O)(=O)NC(=O)c2c(-c3ccccc3)c3c4n(c(-c5ccc(F)cc5)cn24)CCCC3)cc1. The van der Waals surface area contributed by atoms with Crippen molar-refractivity contribution >= 4 is 21.6 Å². The van der Waals surface area contributed by atoms with Crippen molar-refractivity contribution in [3.63, 3.8) is 0 Å². The van der Waals surface area contributed by atoms with Crippen LogP contribution in [0.5, 0.6) is 0 Å². The zero-order chi connectivity index (χ0) is 26.4. The van der Waals surface area contributed by atoms with Gasteiger partial charge in [0.05, 0.1) is 10.6 Å². The summed E-state index contributed by atoms with van der Waals surface area (Å²) in [4.78, 5) is 13.9. The summed E-state index contributed by atoms with van der Waals surface area (Å²) in [6.45, 7) is 2.60. The van der Waals surface area contributed by atoms with Crippen molar-refractivity contribution < 1.29 is 17.6 Å². The first kappa shape index (κ1) is 24.2. The van der Waals surface area contributed by atoms with Gasteiger partial charge < -0.3 is 4.57 Å². The van der Waals surface area contributed by atoms with E-state index in [2.05, 4.69) is 9.29 Å². The number of halogens is 1. The first-order valence-electron chi connectivity index (χ1n) is 12.5. The Morgan fingerprint density at radius 3 is 2.32 bits per heavy atom. The lowest BCUT2D eigenvalue weighted by molar-refractivity contribution is 0.0976. The number of benzene rings is 3. The summed E-state index contributed by atoms with van der Waals surface area (Å²) in [5.41, 5.74) is 6.29. The number of hydrogen-bond donors (Lipinski definition) is 1. The van der Waals surface area contributed by atoms with Crippen LogP contribution < -0.4 is 4.72 Å². The molecule has 0 bridgehead atoms. The normalized spacial score (nSPS) is 13.4. The van der Waals surface area contributed by atoms with Crippen LogP contribution in [0, 0.1) is 12.7 Å². The largest absolute Gasteiger partial charge is 0.325 e. The maximum absolute atomic E-state index is 13.9. The number of amides is 1. The predicted octanol–water partition coefficient (Wildman–Crippen LogP) is 5.98. The molecule has 0 spiro atoms. The minimum absolute atomic E-state index is 0.0245. The van der Waals surface area contributed by atoms with E-state index in [9.17, 15) is 17.6 Å². The lowest BCUT2D eigenvalue weighted by Crippen LogP contribution is -2.31. The molecule has 6 rings (SSSR count). The number of aromatic nitrogens is 2. The number of carbonyl (C=O) groups excluding carboxylic acids is 1.